The van der Waals surface area contributed by atoms with E-state index in [1.807, 2.05) is 10.6 Å². The van der Waals surface area contributed by atoms with Crippen molar-refractivity contribution in [3.05, 3.63) is 66.0 Å². The van der Waals surface area contributed by atoms with E-state index in [0.717, 1.165) is 12.3 Å². The number of aromatic nitrogens is 3. The van der Waals surface area contributed by atoms with Gasteiger partial charge in [0.15, 0.2) is 22.5 Å². The maximum absolute atomic E-state index is 14.5. The predicted molar refractivity (Wildman–Crippen MR) is 144 cm³/mol. The lowest BCUT2D eigenvalue weighted by Gasteiger charge is -2.30. The molecule has 3 aromatic rings. The first-order valence-corrected chi connectivity index (χ1v) is 14.3. The lowest BCUT2D eigenvalue weighted by molar-refractivity contribution is -0.116. The van der Waals surface area contributed by atoms with Crippen LogP contribution in [-0.2, 0) is 11.4 Å². The molecule has 4 atom stereocenters. The summed E-state index contributed by atoms with van der Waals surface area (Å²) in [5.74, 6) is 1.28. The molecule has 2 aliphatic rings. The Balaban J connectivity index is 1.37. The smallest absolute Gasteiger partial charge is 0.237 e. The fourth-order valence-electron chi connectivity index (χ4n) is 6.11. The van der Waals surface area contributed by atoms with Crippen LogP contribution in [0.3, 0.4) is 0 Å². The molecule has 0 aliphatic heterocycles. The summed E-state index contributed by atoms with van der Waals surface area (Å²) in [6.45, 7) is 2.29. The van der Waals surface area contributed by atoms with Crippen LogP contribution in [0.5, 0.6) is 5.75 Å². The Bertz CT molecular complexity index is 1360. The zero-order valence-corrected chi connectivity index (χ0v) is 22.6. The second kappa shape index (κ2) is 12.2. The number of amides is 1. The van der Waals surface area contributed by atoms with Gasteiger partial charge in [0.2, 0.25) is 5.91 Å². The van der Waals surface area contributed by atoms with Gasteiger partial charge in [-0.15, -0.1) is 10.2 Å². The molecule has 0 saturated heterocycles. The third-order valence-corrected chi connectivity index (χ3v) is 8.89. The van der Waals surface area contributed by atoms with Gasteiger partial charge in [-0.05, 0) is 68.2 Å². The number of carbonyl (C=O) groups is 1. The van der Waals surface area contributed by atoms with E-state index >= 15 is 0 Å². The average molecular weight is 552 g/mol. The van der Waals surface area contributed by atoms with Crippen molar-refractivity contribution in [3.8, 4) is 11.8 Å². The van der Waals surface area contributed by atoms with Crippen LogP contribution >= 0.6 is 11.8 Å². The highest BCUT2D eigenvalue weighted by Gasteiger charge is 2.43. The number of thioether (sulfide) groups is 1. The molecule has 10 heteroatoms. The van der Waals surface area contributed by atoms with Crippen molar-refractivity contribution in [1.82, 2.24) is 14.8 Å². The molecule has 0 unspecified atom stereocenters. The van der Waals surface area contributed by atoms with E-state index in [0.29, 0.717) is 22.8 Å². The van der Waals surface area contributed by atoms with Gasteiger partial charge in [-0.1, -0.05) is 42.4 Å². The maximum Gasteiger partial charge on any atom is 0.237 e. The number of hydrogen-bond acceptors (Lipinski definition) is 6. The second-order valence-electron chi connectivity index (χ2n) is 10.3. The summed E-state index contributed by atoms with van der Waals surface area (Å²) in [5.41, 5.74) is 0.147. The van der Waals surface area contributed by atoms with Crippen LogP contribution < -0.4 is 9.64 Å². The zero-order valence-electron chi connectivity index (χ0n) is 21.8. The van der Waals surface area contributed by atoms with Gasteiger partial charge in [-0.3, -0.25) is 9.36 Å². The number of para-hydroxylation sites is 2. The third-order valence-electron chi connectivity index (χ3n) is 7.96. The van der Waals surface area contributed by atoms with Gasteiger partial charge in [-0.2, -0.15) is 5.26 Å². The van der Waals surface area contributed by atoms with Crippen LogP contribution in [0.15, 0.2) is 53.7 Å². The number of halogens is 2. The summed E-state index contributed by atoms with van der Waals surface area (Å²) in [7, 11) is 0. The summed E-state index contributed by atoms with van der Waals surface area (Å²) in [6, 6.07) is 14.4. The first-order chi connectivity index (χ1) is 19.0. The summed E-state index contributed by atoms with van der Waals surface area (Å²) < 4.78 is 36.5. The molecule has 204 valence electrons. The number of carbonyl (C=O) groups excluding carboxylic acids is 1. The zero-order chi connectivity index (χ0) is 27.4. The van der Waals surface area contributed by atoms with Gasteiger partial charge in [0.1, 0.15) is 12.4 Å². The van der Waals surface area contributed by atoms with Crippen LogP contribution in [0.2, 0.25) is 0 Å². The number of rotatable bonds is 11. The molecule has 0 radical (unpaired) electrons. The number of ether oxygens (including phenoxy) is 1. The van der Waals surface area contributed by atoms with Crippen LogP contribution in [0, 0.1) is 40.7 Å². The minimum atomic E-state index is -0.519. The SMILES string of the molecule is C[C@H]([C@@H]1C[C@@H]2CC[C@@H]1C2)n1c(COc2ccccc2F)nnc1SCC(=O)N(CCC#N)c1ccccc1F. The molecule has 0 N–H and O–H groups in total. The Labute approximate surface area is 231 Å². The van der Waals surface area contributed by atoms with Gasteiger partial charge >= 0.3 is 0 Å². The van der Waals surface area contributed by atoms with E-state index in [-0.39, 0.29) is 48.7 Å². The summed E-state index contributed by atoms with van der Waals surface area (Å²) >= 11 is 1.23. The van der Waals surface area contributed by atoms with Gasteiger partial charge in [0.25, 0.3) is 0 Å². The van der Waals surface area contributed by atoms with Crippen molar-refractivity contribution in [2.24, 2.45) is 17.8 Å². The molecule has 2 aromatic carbocycles. The normalized spacial score (nSPS) is 20.5. The largest absolute Gasteiger partial charge is 0.483 e. The minimum absolute atomic E-state index is 0.00446. The summed E-state index contributed by atoms with van der Waals surface area (Å²) in [4.78, 5) is 14.6. The van der Waals surface area contributed by atoms with Gasteiger partial charge in [-0.25, -0.2) is 8.78 Å². The first-order valence-electron chi connectivity index (χ1n) is 13.3. The van der Waals surface area contributed by atoms with Crippen LogP contribution in [0.1, 0.15) is 50.9 Å². The van der Waals surface area contributed by atoms with Crippen molar-refractivity contribution < 1.29 is 18.3 Å². The van der Waals surface area contributed by atoms with Crippen LogP contribution in [0.4, 0.5) is 14.5 Å². The molecule has 2 fully saturated rings. The molecule has 7 nitrogen and oxygen atoms in total. The highest BCUT2D eigenvalue weighted by molar-refractivity contribution is 7.99. The molecule has 5 rings (SSSR count). The second-order valence-corrected chi connectivity index (χ2v) is 11.2. The third kappa shape index (κ3) is 5.93. The first kappa shape index (κ1) is 27.1. The topological polar surface area (TPSA) is 84.0 Å². The molecule has 1 amide bonds. The number of anilines is 1. The van der Waals surface area contributed by atoms with E-state index in [1.54, 1.807) is 30.3 Å². The lowest BCUT2D eigenvalue weighted by Crippen LogP contribution is -2.34. The Hall–Kier alpha value is -3.45. The number of benzene rings is 2. The van der Waals surface area contributed by atoms with E-state index in [2.05, 4.69) is 17.1 Å². The average Bonchev–Trinajstić information content (AvgIpc) is 3.68. The molecule has 1 heterocycles. The Kier molecular flexibility index (Phi) is 8.46. The highest BCUT2D eigenvalue weighted by Crippen LogP contribution is 2.52. The van der Waals surface area contributed by atoms with Gasteiger partial charge in [0.05, 0.1) is 23.9 Å². The van der Waals surface area contributed by atoms with Crippen LogP contribution in [-0.4, -0.2) is 33.0 Å². The van der Waals surface area contributed by atoms with Gasteiger partial charge in [0, 0.05) is 12.6 Å². The standard InChI is InChI=1S/C29H31F2N5O2S/c1-19(22-16-20-11-12-21(22)15-20)36-27(17-38-26-10-5-3-8-24(26)31)33-34-29(36)39-18-28(37)35(14-6-13-32)25-9-4-2-7-23(25)30/h2-5,7-10,19-22H,6,11-12,14-18H2,1H3/t19-,20-,21-,22+/m1/s1. The fourth-order valence-corrected chi connectivity index (χ4v) is 7.03. The summed E-state index contributed by atoms with van der Waals surface area (Å²) in [5, 5.41) is 18.4. The van der Waals surface area contributed by atoms with E-state index in [1.165, 1.54) is 54.1 Å². The minimum Gasteiger partial charge on any atom is -0.483 e. The molecule has 2 aliphatic carbocycles. The van der Waals surface area contributed by atoms with E-state index < -0.39 is 11.6 Å². The number of nitriles is 1. The molecule has 0 spiro atoms. The Morgan fingerprint density at radius 1 is 1.15 bits per heavy atom. The van der Waals surface area contributed by atoms with Crippen molar-refractivity contribution in [2.75, 3.05) is 17.2 Å². The molecular formula is C29H31F2N5O2S. The van der Waals surface area contributed by atoms with Crippen molar-refractivity contribution >= 4 is 23.4 Å². The summed E-state index contributed by atoms with van der Waals surface area (Å²) in [6.07, 6.45) is 4.98. The molecule has 39 heavy (non-hydrogen) atoms. The van der Waals surface area contributed by atoms with Crippen LogP contribution in [0.25, 0.3) is 0 Å². The Morgan fingerprint density at radius 2 is 1.92 bits per heavy atom. The number of hydrogen-bond donors (Lipinski definition) is 0. The maximum atomic E-state index is 14.5. The number of fused-ring (bicyclic) bond motifs is 2. The predicted octanol–water partition coefficient (Wildman–Crippen LogP) is 6.17. The van der Waals surface area contributed by atoms with E-state index in [4.69, 9.17) is 10.00 Å². The monoisotopic (exact) mass is 551 g/mol. The quantitative estimate of drug-likeness (QED) is 0.265. The molecule has 1 aromatic heterocycles. The number of nitrogens with zero attached hydrogens (tertiary/aromatic N) is 5. The Morgan fingerprint density at radius 3 is 2.62 bits per heavy atom. The molecule has 2 saturated carbocycles. The van der Waals surface area contributed by atoms with Crippen molar-refractivity contribution in [3.63, 3.8) is 0 Å². The van der Waals surface area contributed by atoms with Gasteiger partial charge < -0.3 is 9.64 Å². The molecule has 2 bridgehead atoms. The van der Waals surface area contributed by atoms with E-state index in [9.17, 15) is 13.6 Å². The highest BCUT2D eigenvalue weighted by atomic mass is 32.2. The fraction of sp³-hybridized carbons (Fsp3) is 0.448. The van der Waals surface area contributed by atoms with Crippen molar-refractivity contribution in [1.29, 1.82) is 5.26 Å². The lowest BCUT2D eigenvalue weighted by atomic mass is 9.84. The molecular weight excluding hydrogens is 520 g/mol. The van der Waals surface area contributed by atoms with Crippen molar-refractivity contribution in [2.45, 2.75) is 56.8 Å².